The maximum Gasteiger partial charge on any atom is 0.0703 e. The highest BCUT2D eigenvalue weighted by Gasteiger charge is 2.43. The molecule has 0 saturated heterocycles. The maximum absolute atomic E-state index is 11.0. The zero-order chi connectivity index (χ0) is 10.7. The second kappa shape index (κ2) is 4.86. The van der Waals surface area contributed by atoms with Crippen molar-refractivity contribution < 1.29 is 5.11 Å². The quantitative estimate of drug-likeness (QED) is 0.733. The largest absolute Gasteiger partial charge is 0.389 e. The molecule has 1 nitrogen and oxygen atoms in total. The van der Waals surface area contributed by atoms with Crippen molar-refractivity contribution in [3.05, 3.63) is 0 Å². The van der Waals surface area contributed by atoms with E-state index >= 15 is 0 Å². The van der Waals surface area contributed by atoms with Crippen LogP contribution in [0.4, 0.5) is 0 Å². The molecule has 88 valence electrons. The van der Waals surface area contributed by atoms with E-state index in [-0.39, 0.29) is 5.60 Å². The van der Waals surface area contributed by atoms with Crippen molar-refractivity contribution in [2.24, 2.45) is 11.8 Å². The molecule has 0 aromatic heterocycles. The second-order valence-corrected chi connectivity index (χ2v) is 5.68. The van der Waals surface area contributed by atoms with Crippen molar-refractivity contribution in [3.8, 4) is 0 Å². The lowest BCUT2D eigenvalue weighted by Gasteiger charge is -2.46. The van der Waals surface area contributed by atoms with Crippen molar-refractivity contribution in [2.75, 3.05) is 0 Å². The highest BCUT2D eigenvalue weighted by molar-refractivity contribution is 4.95. The first-order valence-corrected chi connectivity index (χ1v) is 6.99. The number of hydrogen-bond donors (Lipinski definition) is 1. The highest BCUT2D eigenvalue weighted by Crippen LogP contribution is 2.45. The molecule has 0 amide bonds. The van der Waals surface area contributed by atoms with E-state index in [0.29, 0.717) is 11.8 Å². The third kappa shape index (κ3) is 2.22. The van der Waals surface area contributed by atoms with Crippen molar-refractivity contribution in [3.63, 3.8) is 0 Å². The van der Waals surface area contributed by atoms with E-state index in [1.807, 2.05) is 0 Å². The van der Waals surface area contributed by atoms with E-state index in [4.69, 9.17) is 0 Å². The predicted octanol–water partition coefficient (Wildman–Crippen LogP) is 3.90. The minimum atomic E-state index is -0.284. The number of hydrogen-bond acceptors (Lipinski definition) is 1. The standard InChI is InChI=1S/C14H26O/c1-2-12-8-6-7-11-14(12,15)13-9-4-3-5-10-13/h12-13,15H,2-11H2,1H3. The third-order valence-corrected chi connectivity index (χ3v) is 4.89. The lowest BCUT2D eigenvalue weighted by atomic mass is 9.64. The fourth-order valence-electron chi connectivity index (χ4n) is 3.95. The van der Waals surface area contributed by atoms with E-state index < -0.39 is 0 Å². The first-order chi connectivity index (χ1) is 7.27. The third-order valence-electron chi connectivity index (χ3n) is 4.89. The molecule has 0 aliphatic heterocycles. The van der Waals surface area contributed by atoms with Gasteiger partial charge in [-0.3, -0.25) is 0 Å². The molecule has 0 aromatic carbocycles. The summed E-state index contributed by atoms with van der Waals surface area (Å²) in [5, 5.41) is 11.0. The van der Waals surface area contributed by atoms with E-state index in [0.717, 1.165) is 6.42 Å². The lowest BCUT2D eigenvalue weighted by molar-refractivity contribution is -0.106. The van der Waals surface area contributed by atoms with Gasteiger partial charge in [-0.05, 0) is 37.5 Å². The summed E-state index contributed by atoms with van der Waals surface area (Å²) in [7, 11) is 0. The molecule has 2 unspecified atom stereocenters. The molecular formula is C14H26O. The van der Waals surface area contributed by atoms with Gasteiger partial charge < -0.3 is 5.11 Å². The van der Waals surface area contributed by atoms with Crippen molar-refractivity contribution in [1.82, 2.24) is 0 Å². The van der Waals surface area contributed by atoms with Crippen LogP contribution in [0.15, 0.2) is 0 Å². The molecule has 0 aromatic rings. The zero-order valence-corrected chi connectivity index (χ0v) is 10.2. The molecule has 2 saturated carbocycles. The Kier molecular flexibility index (Phi) is 3.71. The van der Waals surface area contributed by atoms with Crippen LogP contribution in [0.2, 0.25) is 0 Å². The van der Waals surface area contributed by atoms with Crippen LogP contribution in [0.1, 0.15) is 71.1 Å². The predicted molar refractivity (Wildman–Crippen MR) is 63.8 cm³/mol. The van der Waals surface area contributed by atoms with Crippen LogP contribution in [0, 0.1) is 11.8 Å². The van der Waals surface area contributed by atoms with Gasteiger partial charge in [0.1, 0.15) is 0 Å². The lowest BCUT2D eigenvalue weighted by Crippen LogP contribution is -2.47. The average molecular weight is 210 g/mol. The second-order valence-electron chi connectivity index (χ2n) is 5.68. The molecule has 2 atom stereocenters. The van der Waals surface area contributed by atoms with Crippen LogP contribution >= 0.6 is 0 Å². The first kappa shape index (κ1) is 11.4. The molecule has 0 spiro atoms. The Balaban J connectivity index is 2.06. The summed E-state index contributed by atoms with van der Waals surface area (Å²) < 4.78 is 0. The van der Waals surface area contributed by atoms with Crippen LogP contribution in [0.5, 0.6) is 0 Å². The molecule has 0 heterocycles. The normalized spacial score (nSPS) is 39.2. The van der Waals surface area contributed by atoms with Crippen LogP contribution in [0.25, 0.3) is 0 Å². The summed E-state index contributed by atoms with van der Waals surface area (Å²) in [4.78, 5) is 0. The summed E-state index contributed by atoms with van der Waals surface area (Å²) >= 11 is 0. The maximum atomic E-state index is 11.0. The molecule has 2 aliphatic carbocycles. The summed E-state index contributed by atoms with van der Waals surface area (Å²) in [6, 6.07) is 0. The Hall–Kier alpha value is -0.0400. The molecule has 15 heavy (non-hydrogen) atoms. The SMILES string of the molecule is CCC1CCCCC1(O)C1CCCCC1. The van der Waals surface area contributed by atoms with Crippen LogP contribution in [-0.4, -0.2) is 10.7 Å². The Morgan fingerprint density at radius 3 is 2.33 bits per heavy atom. The highest BCUT2D eigenvalue weighted by atomic mass is 16.3. The molecule has 2 fully saturated rings. The van der Waals surface area contributed by atoms with Crippen LogP contribution < -0.4 is 0 Å². The molecule has 1 heteroatoms. The van der Waals surface area contributed by atoms with E-state index in [1.165, 1.54) is 57.8 Å². The zero-order valence-electron chi connectivity index (χ0n) is 10.2. The summed E-state index contributed by atoms with van der Waals surface area (Å²) in [6.45, 7) is 2.25. The van der Waals surface area contributed by atoms with Crippen molar-refractivity contribution >= 4 is 0 Å². The van der Waals surface area contributed by atoms with E-state index in [1.54, 1.807) is 0 Å². The number of rotatable bonds is 2. The topological polar surface area (TPSA) is 20.2 Å². The average Bonchev–Trinajstić information content (AvgIpc) is 2.31. The van der Waals surface area contributed by atoms with E-state index in [9.17, 15) is 5.11 Å². The summed E-state index contributed by atoms with van der Waals surface area (Å²) in [6.07, 6.45) is 12.8. The van der Waals surface area contributed by atoms with E-state index in [2.05, 4.69) is 6.92 Å². The van der Waals surface area contributed by atoms with Gasteiger partial charge in [0.05, 0.1) is 5.60 Å². The van der Waals surface area contributed by atoms with Gasteiger partial charge in [-0.1, -0.05) is 45.4 Å². The van der Waals surface area contributed by atoms with Crippen LogP contribution in [-0.2, 0) is 0 Å². The molecule has 0 bridgehead atoms. The minimum Gasteiger partial charge on any atom is -0.389 e. The van der Waals surface area contributed by atoms with Gasteiger partial charge in [0.15, 0.2) is 0 Å². The van der Waals surface area contributed by atoms with Gasteiger partial charge in [-0.25, -0.2) is 0 Å². The van der Waals surface area contributed by atoms with Crippen molar-refractivity contribution in [1.29, 1.82) is 0 Å². The Morgan fingerprint density at radius 1 is 1.00 bits per heavy atom. The fraction of sp³-hybridized carbons (Fsp3) is 1.00. The Bertz CT molecular complexity index is 196. The molecule has 2 aliphatic rings. The molecule has 2 rings (SSSR count). The fourth-order valence-corrected chi connectivity index (χ4v) is 3.95. The van der Waals surface area contributed by atoms with Crippen LogP contribution in [0.3, 0.4) is 0 Å². The first-order valence-electron chi connectivity index (χ1n) is 6.99. The Morgan fingerprint density at radius 2 is 1.67 bits per heavy atom. The number of aliphatic hydroxyl groups is 1. The minimum absolute atomic E-state index is 0.284. The van der Waals surface area contributed by atoms with Gasteiger partial charge in [-0.2, -0.15) is 0 Å². The Labute approximate surface area is 94.3 Å². The molecule has 0 radical (unpaired) electrons. The molecular weight excluding hydrogens is 184 g/mol. The smallest absolute Gasteiger partial charge is 0.0703 e. The van der Waals surface area contributed by atoms with Gasteiger partial charge in [-0.15, -0.1) is 0 Å². The van der Waals surface area contributed by atoms with Gasteiger partial charge in [0, 0.05) is 0 Å². The molecule has 1 N–H and O–H groups in total. The van der Waals surface area contributed by atoms with Gasteiger partial charge >= 0.3 is 0 Å². The monoisotopic (exact) mass is 210 g/mol. The summed E-state index contributed by atoms with van der Waals surface area (Å²) in [5.74, 6) is 1.21. The van der Waals surface area contributed by atoms with Gasteiger partial charge in [0.2, 0.25) is 0 Å². The van der Waals surface area contributed by atoms with Gasteiger partial charge in [0.25, 0.3) is 0 Å². The summed E-state index contributed by atoms with van der Waals surface area (Å²) in [5.41, 5.74) is -0.284. The van der Waals surface area contributed by atoms with Crippen molar-refractivity contribution in [2.45, 2.75) is 76.7 Å².